The number of nitrogens with two attached hydrogens (primary N) is 1. The molecule has 0 bridgehead atoms. The summed E-state index contributed by atoms with van der Waals surface area (Å²) in [5.74, 6) is 1.59. The first-order valence-electron chi connectivity index (χ1n) is 4.77. The summed E-state index contributed by atoms with van der Waals surface area (Å²) in [6.45, 7) is 4.17. The molecule has 5 heteroatoms. The number of nitrogens with zero attached hydrogens (tertiary/aromatic N) is 4. The summed E-state index contributed by atoms with van der Waals surface area (Å²) in [4.78, 5) is 8.46. The third kappa shape index (κ3) is 1.73. The Balaban J connectivity index is 2.58. The largest absolute Gasteiger partial charge is 0.325 e. The summed E-state index contributed by atoms with van der Waals surface area (Å²) in [6, 6.07) is 3.81. The number of rotatable bonds is 2. The number of aryl methyl sites for hydroxylation is 2. The lowest BCUT2D eigenvalue weighted by molar-refractivity contribution is 0.802. The van der Waals surface area contributed by atoms with E-state index in [4.69, 9.17) is 5.73 Å². The van der Waals surface area contributed by atoms with E-state index in [0.29, 0.717) is 6.54 Å². The molecule has 2 heterocycles. The minimum atomic E-state index is 0.397. The van der Waals surface area contributed by atoms with Gasteiger partial charge in [-0.15, -0.1) is 0 Å². The molecule has 0 aliphatic heterocycles. The first-order chi connectivity index (χ1) is 7.22. The zero-order valence-electron chi connectivity index (χ0n) is 8.81. The van der Waals surface area contributed by atoms with Crippen molar-refractivity contribution in [1.82, 2.24) is 19.7 Å². The Morgan fingerprint density at radius 1 is 1.40 bits per heavy atom. The molecule has 0 radical (unpaired) electrons. The van der Waals surface area contributed by atoms with E-state index in [9.17, 15) is 0 Å². The van der Waals surface area contributed by atoms with Gasteiger partial charge in [0.05, 0.1) is 11.4 Å². The van der Waals surface area contributed by atoms with Crippen LogP contribution in [0.25, 0.3) is 5.69 Å². The van der Waals surface area contributed by atoms with Gasteiger partial charge in [0.15, 0.2) is 0 Å². The maximum atomic E-state index is 5.62. The van der Waals surface area contributed by atoms with Crippen molar-refractivity contribution in [2.75, 3.05) is 0 Å². The topological polar surface area (TPSA) is 69.6 Å². The quantitative estimate of drug-likeness (QED) is 0.781. The van der Waals surface area contributed by atoms with Crippen molar-refractivity contribution in [3.8, 4) is 5.69 Å². The minimum absolute atomic E-state index is 0.397. The highest BCUT2D eigenvalue weighted by Crippen LogP contribution is 2.12. The number of aromatic nitrogens is 4. The van der Waals surface area contributed by atoms with E-state index >= 15 is 0 Å². The minimum Gasteiger partial charge on any atom is -0.325 e. The third-order valence-corrected chi connectivity index (χ3v) is 2.16. The van der Waals surface area contributed by atoms with E-state index in [2.05, 4.69) is 15.1 Å². The molecule has 2 aromatic rings. The summed E-state index contributed by atoms with van der Waals surface area (Å²) in [5, 5.41) is 4.30. The van der Waals surface area contributed by atoms with Gasteiger partial charge in [-0.2, -0.15) is 5.10 Å². The Kier molecular flexibility index (Phi) is 2.47. The fraction of sp³-hybridized carbons (Fsp3) is 0.300. The Morgan fingerprint density at radius 2 is 2.20 bits per heavy atom. The zero-order valence-corrected chi connectivity index (χ0v) is 8.81. The summed E-state index contributed by atoms with van der Waals surface area (Å²) >= 11 is 0. The maximum absolute atomic E-state index is 5.62. The van der Waals surface area contributed by atoms with Crippen LogP contribution in [0.5, 0.6) is 0 Å². The molecule has 0 spiro atoms. The molecular formula is C10H13N5. The second kappa shape index (κ2) is 3.78. The van der Waals surface area contributed by atoms with Crippen LogP contribution in [-0.4, -0.2) is 19.7 Å². The Bertz CT molecular complexity index is 474. The highest BCUT2D eigenvalue weighted by Gasteiger charge is 2.08. The van der Waals surface area contributed by atoms with Gasteiger partial charge in [0.25, 0.3) is 0 Å². The maximum Gasteiger partial charge on any atom is 0.148 e. The molecule has 0 unspecified atom stereocenters. The lowest BCUT2D eigenvalue weighted by Crippen LogP contribution is -2.08. The number of pyridine rings is 1. The van der Waals surface area contributed by atoms with Crippen molar-refractivity contribution in [2.24, 2.45) is 5.73 Å². The molecule has 0 fully saturated rings. The standard InChI is InChI=1S/C10H13N5/c1-7-13-8(2)15(14-7)10-4-3-5-12-9(10)6-11/h3-5H,6,11H2,1-2H3. The van der Waals surface area contributed by atoms with Gasteiger partial charge in [-0.05, 0) is 26.0 Å². The van der Waals surface area contributed by atoms with Crippen molar-refractivity contribution in [2.45, 2.75) is 20.4 Å². The molecule has 0 amide bonds. The van der Waals surface area contributed by atoms with Crippen molar-refractivity contribution < 1.29 is 0 Å². The van der Waals surface area contributed by atoms with Crippen LogP contribution in [0.4, 0.5) is 0 Å². The first kappa shape index (κ1) is 9.79. The van der Waals surface area contributed by atoms with E-state index in [1.807, 2.05) is 26.0 Å². The molecule has 0 saturated heterocycles. The Labute approximate surface area is 88.0 Å². The number of hydrogen-bond acceptors (Lipinski definition) is 4. The molecule has 15 heavy (non-hydrogen) atoms. The Hall–Kier alpha value is -1.75. The molecule has 2 aromatic heterocycles. The van der Waals surface area contributed by atoms with Crippen LogP contribution < -0.4 is 5.73 Å². The molecule has 0 aliphatic rings. The van der Waals surface area contributed by atoms with E-state index in [0.717, 1.165) is 23.0 Å². The average Bonchev–Trinajstić information content (AvgIpc) is 2.57. The molecule has 2 rings (SSSR count). The van der Waals surface area contributed by atoms with Crippen LogP contribution in [0, 0.1) is 13.8 Å². The summed E-state index contributed by atoms with van der Waals surface area (Å²) in [7, 11) is 0. The molecule has 0 atom stereocenters. The van der Waals surface area contributed by atoms with Crippen LogP contribution in [0.15, 0.2) is 18.3 Å². The molecule has 2 N–H and O–H groups in total. The van der Waals surface area contributed by atoms with Crippen LogP contribution in [0.2, 0.25) is 0 Å². The smallest absolute Gasteiger partial charge is 0.148 e. The first-order valence-corrected chi connectivity index (χ1v) is 4.77. The molecule has 78 valence electrons. The predicted octanol–water partition coefficient (Wildman–Crippen LogP) is 0.738. The normalized spacial score (nSPS) is 10.6. The monoisotopic (exact) mass is 203 g/mol. The molecule has 0 aliphatic carbocycles. The van der Waals surface area contributed by atoms with E-state index in [1.54, 1.807) is 10.9 Å². The number of hydrogen-bond donors (Lipinski definition) is 1. The van der Waals surface area contributed by atoms with Gasteiger partial charge in [0.1, 0.15) is 11.6 Å². The van der Waals surface area contributed by atoms with E-state index < -0.39 is 0 Å². The van der Waals surface area contributed by atoms with Crippen LogP contribution in [0.1, 0.15) is 17.3 Å². The zero-order chi connectivity index (χ0) is 10.8. The second-order valence-electron chi connectivity index (χ2n) is 3.29. The lowest BCUT2D eigenvalue weighted by atomic mass is 10.3. The van der Waals surface area contributed by atoms with Crippen LogP contribution >= 0.6 is 0 Å². The van der Waals surface area contributed by atoms with E-state index in [-0.39, 0.29) is 0 Å². The Morgan fingerprint density at radius 3 is 2.80 bits per heavy atom. The SMILES string of the molecule is Cc1nc(C)n(-c2cccnc2CN)n1. The summed E-state index contributed by atoms with van der Waals surface area (Å²) < 4.78 is 1.77. The average molecular weight is 203 g/mol. The fourth-order valence-electron chi connectivity index (χ4n) is 1.53. The highest BCUT2D eigenvalue weighted by molar-refractivity contribution is 5.35. The van der Waals surface area contributed by atoms with E-state index in [1.165, 1.54) is 0 Å². The van der Waals surface area contributed by atoms with Gasteiger partial charge in [-0.1, -0.05) is 0 Å². The highest BCUT2D eigenvalue weighted by atomic mass is 15.3. The van der Waals surface area contributed by atoms with Crippen molar-refractivity contribution >= 4 is 0 Å². The van der Waals surface area contributed by atoms with Gasteiger partial charge in [-0.25, -0.2) is 9.67 Å². The van der Waals surface area contributed by atoms with Crippen molar-refractivity contribution in [1.29, 1.82) is 0 Å². The van der Waals surface area contributed by atoms with Crippen molar-refractivity contribution in [3.63, 3.8) is 0 Å². The summed E-state index contributed by atoms with van der Waals surface area (Å²) in [5.41, 5.74) is 7.35. The summed E-state index contributed by atoms with van der Waals surface area (Å²) in [6.07, 6.45) is 1.73. The van der Waals surface area contributed by atoms with Gasteiger partial charge in [-0.3, -0.25) is 4.98 Å². The van der Waals surface area contributed by atoms with Gasteiger partial charge >= 0.3 is 0 Å². The van der Waals surface area contributed by atoms with Crippen LogP contribution in [-0.2, 0) is 6.54 Å². The molecule has 0 aromatic carbocycles. The second-order valence-corrected chi connectivity index (χ2v) is 3.29. The van der Waals surface area contributed by atoms with Crippen molar-refractivity contribution in [3.05, 3.63) is 35.7 Å². The predicted molar refractivity (Wildman–Crippen MR) is 56.5 cm³/mol. The van der Waals surface area contributed by atoms with Gasteiger partial charge < -0.3 is 5.73 Å². The third-order valence-electron chi connectivity index (χ3n) is 2.16. The molecule has 0 saturated carbocycles. The molecule has 5 nitrogen and oxygen atoms in total. The van der Waals surface area contributed by atoms with Crippen LogP contribution in [0.3, 0.4) is 0 Å². The van der Waals surface area contributed by atoms with Gasteiger partial charge in [0, 0.05) is 12.7 Å². The lowest BCUT2D eigenvalue weighted by Gasteiger charge is -2.06. The fourth-order valence-corrected chi connectivity index (χ4v) is 1.53. The molecular weight excluding hydrogens is 190 g/mol. The van der Waals surface area contributed by atoms with Gasteiger partial charge in [0.2, 0.25) is 0 Å².